The average Bonchev–Trinajstić information content (AvgIpc) is 2.60. The van der Waals surface area contributed by atoms with Crippen LogP contribution in [0.1, 0.15) is 13.3 Å². The van der Waals surface area contributed by atoms with Crippen LogP contribution in [0, 0.1) is 5.92 Å². The van der Waals surface area contributed by atoms with E-state index in [9.17, 15) is 18.3 Å². The lowest BCUT2D eigenvalue weighted by molar-refractivity contribution is -0.141. The Morgan fingerprint density at radius 1 is 0.852 bits per heavy atom. The summed E-state index contributed by atoms with van der Waals surface area (Å²) in [6.07, 6.45) is -0.507. The molecule has 0 aromatic rings. The Kier molecular flexibility index (Phi) is 26.6. The first-order valence-corrected chi connectivity index (χ1v) is 9.11. The number of hydrogen-bond acceptors (Lipinski definition) is 11. The van der Waals surface area contributed by atoms with Crippen molar-refractivity contribution >= 4 is 16.1 Å². The number of carboxylic acid groups (broad SMARTS) is 1. The van der Waals surface area contributed by atoms with Gasteiger partial charge >= 0.3 is 5.97 Å². The second kappa shape index (κ2) is 21.4. The Balaban J connectivity index is -0.000000179. The molecule has 0 aromatic heterocycles. The summed E-state index contributed by atoms with van der Waals surface area (Å²) < 4.78 is 29.6. The van der Waals surface area contributed by atoms with Crippen molar-refractivity contribution in [3.8, 4) is 0 Å². The molecular formula is C13H32O13S. The molecule has 0 amide bonds. The SMILES string of the molecule is CC(CC(=O)O)C(O)(CO)CS(=O)(=O)O.OCCO.OCCO.OCCO. The van der Waals surface area contributed by atoms with Crippen LogP contribution in [-0.2, 0) is 14.9 Å². The third-order valence-electron chi connectivity index (χ3n) is 2.40. The van der Waals surface area contributed by atoms with Crippen molar-refractivity contribution in [3.63, 3.8) is 0 Å². The fourth-order valence-corrected chi connectivity index (χ4v) is 2.12. The van der Waals surface area contributed by atoms with Crippen molar-refractivity contribution in [2.45, 2.75) is 18.9 Å². The lowest BCUT2D eigenvalue weighted by atomic mass is 9.89. The quantitative estimate of drug-likeness (QED) is 0.156. The predicted octanol–water partition coefficient (Wildman–Crippen LogP) is -4.38. The highest BCUT2D eigenvalue weighted by atomic mass is 32.2. The minimum atomic E-state index is -4.48. The van der Waals surface area contributed by atoms with E-state index in [2.05, 4.69) is 0 Å². The average molecular weight is 428 g/mol. The molecule has 0 heterocycles. The molecule has 0 aromatic carbocycles. The third-order valence-corrected chi connectivity index (χ3v) is 3.27. The third kappa shape index (κ3) is 30.0. The number of hydrogen-bond donors (Lipinski definition) is 10. The lowest BCUT2D eigenvalue weighted by Gasteiger charge is -2.30. The minimum Gasteiger partial charge on any atom is -0.481 e. The molecule has 0 spiro atoms. The number of carboxylic acids is 1. The van der Waals surface area contributed by atoms with Crippen LogP contribution in [0.2, 0.25) is 0 Å². The molecule has 0 aliphatic rings. The first kappa shape index (κ1) is 33.6. The van der Waals surface area contributed by atoms with Crippen molar-refractivity contribution in [3.05, 3.63) is 0 Å². The Hall–Kier alpha value is -0.940. The topological polar surface area (TPSA) is 254 Å². The van der Waals surface area contributed by atoms with E-state index >= 15 is 0 Å². The van der Waals surface area contributed by atoms with Crippen LogP contribution in [0.5, 0.6) is 0 Å². The van der Waals surface area contributed by atoms with E-state index in [4.69, 9.17) is 45.4 Å². The van der Waals surface area contributed by atoms with Gasteiger partial charge in [-0.05, 0) is 5.92 Å². The van der Waals surface area contributed by atoms with Crippen LogP contribution in [0.15, 0.2) is 0 Å². The van der Waals surface area contributed by atoms with E-state index in [0.717, 1.165) is 0 Å². The smallest absolute Gasteiger partial charge is 0.303 e. The minimum absolute atomic E-state index is 0.125. The Morgan fingerprint density at radius 3 is 1.30 bits per heavy atom. The molecule has 2 unspecified atom stereocenters. The molecule has 0 saturated heterocycles. The van der Waals surface area contributed by atoms with Gasteiger partial charge in [0.25, 0.3) is 10.1 Å². The number of aliphatic hydroxyl groups is 8. The van der Waals surface area contributed by atoms with Gasteiger partial charge in [0, 0.05) is 0 Å². The van der Waals surface area contributed by atoms with Crippen LogP contribution in [-0.4, -0.2) is 123 Å². The molecule has 2 atom stereocenters. The van der Waals surface area contributed by atoms with Crippen molar-refractivity contribution in [2.75, 3.05) is 52.0 Å². The fraction of sp³-hybridized carbons (Fsp3) is 0.923. The van der Waals surface area contributed by atoms with Crippen LogP contribution in [0.4, 0.5) is 0 Å². The molecule has 0 fully saturated rings. The fourth-order valence-electron chi connectivity index (χ4n) is 1.11. The van der Waals surface area contributed by atoms with Crippen LogP contribution in [0.3, 0.4) is 0 Å². The van der Waals surface area contributed by atoms with Gasteiger partial charge in [-0.1, -0.05) is 6.92 Å². The Labute approximate surface area is 157 Å². The molecule has 0 radical (unpaired) electrons. The highest BCUT2D eigenvalue weighted by Gasteiger charge is 2.38. The maximum absolute atomic E-state index is 10.5. The van der Waals surface area contributed by atoms with E-state index in [1.165, 1.54) is 6.92 Å². The summed E-state index contributed by atoms with van der Waals surface area (Å²) in [5, 5.41) is 72.6. The molecule has 168 valence electrons. The maximum atomic E-state index is 10.5. The van der Waals surface area contributed by atoms with Crippen molar-refractivity contribution in [1.82, 2.24) is 0 Å². The first-order chi connectivity index (χ1) is 12.3. The normalized spacial score (nSPS) is 13.4. The predicted molar refractivity (Wildman–Crippen MR) is 92.4 cm³/mol. The van der Waals surface area contributed by atoms with Crippen molar-refractivity contribution in [2.24, 2.45) is 5.92 Å². The number of aliphatic hydroxyl groups excluding tert-OH is 7. The van der Waals surface area contributed by atoms with Gasteiger partial charge in [-0.3, -0.25) is 9.35 Å². The highest BCUT2D eigenvalue weighted by Crippen LogP contribution is 2.22. The van der Waals surface area contributed by atoms with Gasteiger partial charge in [0.1, 0.15) is 11.4 Å². The molecule has 0 aliphatic carbocycles. The van der Waals surface area contributed by atoms with Gasteiger partial charge in [0.05, 0.1) is 52.7 Å². The van der Waals surface area contributed by atoms with Gasteiger partial charge in [-0.15, -0.1) is 0 Å². The Morgan fingerprint density at radius 2 is 1.15 bits per heavy atom. The van der Waals surface area contributed by atoms with Gasteiger partial charge in [0.15, 0.2) is 0 Å². The van der Waals surface area contributed by atoms with E-state index in [0.29, 0.717) is 0 Å². The highest BCUT2D eigenvalue weighted by molar-refractivity contribution is 7.85. The summed E-state index contributed by atoms with van der Waals surface area (Å²) in [5.74, 6) is -3.32. The summed E-state index contributed by atoms with van der Waals surface area (Å²) in [5.41, 5.74) is -2.15. The van der Waals surface area contributed by atoms with Crippen LogP contribution < -0.4 is 0 Å². The van der Waals surface area contributed by atoms with Gasteiger partial charge in [-0.2, -0.15) is 8.42 Å². The zero-order valence-electron chi connectivity index (χ0n) is 15.0. The van der Waals surface area contributed by atoms with E-state index in [-0.39, 0.29) is 39.6 Å². The van der Waals surface area contributed by atoms with Crippen molar-refractivity contribution in [1.29, 1.82) is 0 Å². The van der Waals surface area contributed by atoms with E-state index < -0.39 is 46.4 Å². The number of aliphatic carboxylic acids is 1. The summed E-state index contributed by atoms with van der Waals surface area (Å²) in [4.78, 5) is 10.3. The first-order valence-electron chi connectivity index (χ1n) is 7.50. The van der Waals surface area contributed by atoms with E-state index in [1.807, 2.05) is 0 Å². The largest absolute Gasteiger partial charge is 0.481 e. The zero-order chi connectivity index (χ0) is 22.5. The molecule has 0 saturated carbocycles. The van der Waals surface area contributed by atoms with E-state index in [1.54, 1.807) is 0 Å². The van der Waals surface area contributed by atoms with Gasteiger partial charge < -0.3 is 46.0 Å². The Bertz CT molecular complexity index is 399. The summed E-state index contributed by atoms with van der Waals surface area (Å²) in [6, 6.07) is 0. The van der Waals surface area contributed by atoms with Crippen LogP contribution in [0.25, 0.3) is 0 Å². The molecule has 0 rings (SSSR count). The molecular weight excluding hydrogens is 396 g/mol. The second-order valence-corrected chi connectivity index (χ2v) is 6.28. The van der Waals surface area contributed by atoms with Crippen molar-refractivity contribution < 1.29 is 63.7 Å². The van der Waals surface area contributed by atoms with Crippen LogP contribution >= 0.6 is 0 Å². The molecule has 0 bridgehead atoms. The summed E-state index contributed by atoms with van der Waals surface area (Å²) in [6.45, 7) is -0.420. The molecule has 13 nitrogen and oxygen atoms in total. The molecule has 14 heteroatoms. The summed E-state index contributed by atoms with van der Waals surface area (Å²) in [7, 11) is -4.48. The molecule has 0 aliphatic heterocycles. The second-order valence-electron chi connectivity index (χ2n) is 4.83. The zero-order valence-corrected chi connectivity index (χ0v) is 15.9. The monoisotopic (exact) mass is 428 g/mol. The molecule has 10 N–H and O–H groups in total. The van der Waals surface area contributed by atoms with Gasteiger partial charge in [0.2, 0.25) is 0 Å². The standard InChI is InChI=1S/C7H14O7S.3C2H6O2/c1-5(2-6(9)10)7(11,3-8)4-15(12,13)14;3*3-1-2-4/h5,8,11H,2-4H2,1H3,(H,9,10)(H,12,13,14);3*3-4H,1-2H2. The number of rotatable bonds is 9. The number of carbonyl (C=O) groups is 1. The lowest BCUT2D eigenvalue weighted by Crippen LogP contribution is -2.47. The van der Waals surface area contributed by atoms with Gasteiger partial charge in [-0.25, -0.2) is 0 Å². The molecule has 27 heavy (non-hydrogen) atoms. The summed E-state index contributed by atoms with van der Waals surface area (Å²) >= 11 is 0. The maximum Gasteiger partial charge on any atom is 0.303 e.